The van der Waals surface area contributed by atoms with Crippen LogP contribution >= 0.6 is 0 Å². The Morgan fingerprint density at radius 3 is 1.80 bits per heavy atom. The van der Waals surface area contributed by atoms with Gasteiger partial charge in [-0.3, -0.25) is 4.79 Å². The molecule has 3 fully saturated rings. The summed E-state index contributed by atoms with van der Waals surface area (Å²) in [6, 6.07) is 9.22. The Hall–Kier alpha value is -3.47. The summed E-state index contributed by atoms with van der Waals surface area (Å²) in [7, 11) is 0. The molecule has 18 nitrogen and oxygen atoms in total. The quantitative estimate of drug-likeness (QED) is 0.117. The van der Waals surface area contributed by atoms with Gasteiger partial charge < -0.3 is 83.9 Å². The van der Waals surface area contributed by atoms with Crippen LogP contribution in [-0.2, 0) is 23.7 Å². The molecule has 0 aliphatic carbocycles. The number of hydrogen-bond acceptors (Lipinski definition) is 18. The first-order valence-electron chi connectivity index (χ1n) is 16.1. The topological polar surface area (TPSA) is 288 Å². The van der Waals surface area contributed by atoms with Gasteiger partial charge in [-0.05, 0) is 38.1 Å². The van der Waals surface area contributed by atoms with Crippen LogP contribution in [0, 0.1) is 0 Å². The summed E-state index contributed by atoms with van der Waals surface area (Å²) >= 11 is 0. The Labute approximate surface area is 288 Å². The van der Waals surface area contributed by atoms with E-state index in [4.69, 9.17) is 32.8 Å². The summed E-state index contributed by atoms with van der Waals surface area (Å²) in [6.07, 6.45) is -23.9. The van der Waals surface area contributed by atoms with E-state index in [1.165, 1.54) is 44.2 Å². The molecule has 0 saturated carbocycles. The molecule has 3 saturated heterocycles. The number of benzene rings is 2. The van der Waals surface area contributed by atoms with E-state index < -0.39 is 110 Å². The van der Waals surface area contributed by atoms with E-state index in [0.29, 0.717) is 5.56 Å². The minimum atomic E-state index is -1.88. The maximum atomic E-state index is 13.0. The molecule has 4 heterocycles. The zero-order valence-corrected chi connectivity index (χ0v) is 27.1. The van der Waals surface area contributed by atoms with Gasteiger partial charge in [0, 0.05) is 23.8 Å². The van der Waals surface area contributed by atoms with Gasteiger partial charge in [-0.2, -0.15) is 0 Å². The number of aliphatic hydroxyl groups is 8. The van der Waals surface area contributed by atoms with Gasteiger partial charge in [-0.25, -0.2) is 0 Å². The van der Waals surface area contributed by atoms with E-state index >= 15 is 0 Å². The van der Waals surface area contributed by atoms with E-state index in [1.54, 1.807) is 0 Å². The fourth-order valence-corrected chi connectivity index (χ4v) is 6.22. The molecule has 0 spiro atoms. The second kappa shape index (κ2) is 14.9. The third-order valence-electron chi connectivity index (χ3n) is 9.18. The summed E-state index contributed by atoms with van der Waals surface area (Å²) in [5.74, 6) is -0.682. The molecule has 0 amide bonds. The average Bonchev–Trinajstić information content (AvgIpc) is 3.09. The molecule has 0 radical (unpaired) electrons. The van der Waals surface area contributed by atoms with Crippen molar-refractivity contribution in [2.45, 2.75) is 106 Å². The zero-order chi connectivity index (χ0) is 36.9. The molecule has 0 bridgehead atoms. The number of hydrogen-bond donors (Lipinski definition) is 10. The highest BCUT2D eigenvalue weighted by atomic mass is 16.8. The van der Waals surface area contributed by atoms with Crippen molar-refractivity contribution < 1.29 is 83.9 Å². The molecule has 51 heavy (non-hydrogen) atoms. The second-order valence-corrected chi connectivity index (χ2v) is 12.7. The lowest BCUT2D eigenvalue weighted by atomic mass is 9.96. The number of aromatic hydroxyl groups is 2. The first-order valence-corrected chi connectivity index (χ1v) is 16.1. The van der Waals surface area contributed by atoms with Gasteiger partial charge in [0.1, 0.15) is 88.9 Å². The van der Waals surface area contributed by atoms with Crippen molar-refractivity contribution in [3.8, 4) is 28.6 Å². The lowest BCUT2D eigenvalue weighted by Crippen LogP contribution is -2.66. The number of phenols is 2. The van der Waals surface area contributed by atoms with E-state index in [2.05, 4.69) is 0 Å². The number of fused-ring (bicyclic) bond motifs is 1. The van der Waals surface area contributed by atoms with Crippen molar-refractivity contribution in [3.63, 3.8) is 0 Å². The fourth-order valence-electron chi connectivity index (χ4n) is 6.22. The first-order chi connectivity index (χ1) is 24.2. The fraction of sp³-hybridized carbons (Fsp3) is 0.545. The molecule has 18 heteroatoms. The van der Waals surface area contributed by atoms with Crippen LogP contribution in [0.2, 0.25) is 0 Å². The monoisotopic (exact) mass is 724 g/mol. The molecular weight excluding hydrogens is 684 g/mol. The molecule has 3 aromatic rings. The van der Waals surface area contributed by atoms with Crippen LogP contribution in [0.25, 0.3) is 22.3 Å². The van der Waals surface area contributed by atoms with Crippen molar-refractivity contribution in [2.24, 2.45) is 0 Å². The Kier molecular flexibility index (Phi) is 10.9. The molecule has 15 atom stereocenters. The third kappa shape index (κ3) is 7.29. The van der Waals surface area contributed by atoms with Crippen LogP contribution in [-0.4, -0.2) is 150 Å². The van der Waals surface area contributed by atoms with Crippen molar-refractivity contribution in [3.05, 3.63) is 52.7 Å². The van der Waals surface area contributed by atoms with Gasteiger partial charge >= 0.3 is 0 Å². The lowest BCUT2D eigenvalue weighted by Gasteiger charge is -2.48. The Balaban J connectivity index is 1.33. The highest BCUT2D eigenvalue weighted by molar-refractivity contribution is 5.86. The van der Waals surface area contributed by atoms with Gasteiger partial charge in [0.15, 0.2) is 24.1 Å². The van der Waals surface area contributed by atoms with Gasteiger partial charge in [0.25, 0.3) is 0 Å². The predicted octanol–water partition coefficient (Wildman–Crippen LogP) is -2.25. The van der Waals surface area contributed by atoms with Crippen LogP contribution in [0.15, 0.2) is 51.7 Å². The lowest BCUT2D eigenvalue weighted by molar-refractivity contribution is -0.376. The predicted molar refractivity (Wildman–Crippen MR) is 168 cm³/mol. The Morgan fingerprint density at radius 2 is 1.24 bits per heavy atom. The van der Waals surface area contributed by atoms with Crippen molar-refractivity contribution in [1.82, 2.24) is 0 Å². The maximum absolute atomic E-state index is 13.0. The summed E-state index contributed by atoms with van der Waals surface area (Å²) in [4.78, 5) is 13.0. The minimum absolute atomic E-state index is 0.0184. The maximum Gasteiger partial charge on any atom is 0.229 e. The Morgan fingerprint density at radius 1 is 0.667 bits per heavy atom. The average molecular weight is 725 g/mol. The summed E-state index contributed by atoms with van der Waals surface area (Å²) in [5.41, 5.74) is -0.311. The van der Waals surface area contributed by atoms with Gasteiger partial charge in [-0.1, -0.05) is 0 Å². The van der Waals surface area contributed by atoms with Crippen LogP contribution in [0.4, 0.5) is 0 Å². The van der Waals surface area contributed by atoms with Crippen LogP contribution in [0.1, 0.15) is 13.8 Å². The smallest absolute Gasteiger partial charge is 0.229 e. The highest BCUT2D eigenvalue weighted by Gasteiger charge is 2.54. The summed E-state index contributed by atoms with van der Waals surface area (Å²) in [5, 5.41) is 104. The second-order valence-electron chi connectivity index (χ2n) is 12.7. The number of ether oxygens (including phenoxy) is 6. The van der Waals surface area contributed by atoms with Crippen LogP contribution < -0.4 is 10.2 Å². The van der Waals surface area contributed by atoms with Crippen LogP contribution in [0.5, 0.6) is 17.2 Å². The standard InChI is InChI=1S/C33H40O18/c1-11-22(38)24(40)26(42)31(45-11)50-29-20(10-34)49-33(30(28(29)44)51-32-27(43)25(41)23(39)12(2)46-32)47-15-7-16(36)21-17(37)9-18(48-19(21)8-15)13-3-5-14(35)6-4-13/h3-9,11-12,20,22-36,38-44H,10H2,1-2H3/t11-,12-,20-,22+,23-,24+,25+,26+,27+,28+,29-,30-,31+,32+,33-/m1/s1. The molecule has 3 aliphatic rings. The van der Waals surface area contributed by atoms with Crippen molar-refractivity contribution in [1.29, 1.82) is 0 Å². The number of aliphatic hydroxyl groups excluding tert-OH is 8. The SMILES string of the molecule is C[C@H]1O[C@@H](O[C@H]2[C@H](O)[C@@H](O[C@@H]3O[C@H](C)[C@@H](O)[C@H](O)[C@@H]3O)[C@H](Oc3cc(O)c4c(=O)cc(-c5ccc(O)cc5)oc4c3)O[C@@H]2CO)[C@@H](O)[C@@H](O)[C@H]1O. The third-order valence-corrected chi connectivity index (χ3v) is 9.18. The van der Waals surface area contributed by atoms with E-state index in [0.717, 1.165) is 12.1 Å². The molecular formula is C33H40O18. The number of phenolic OH excluding ortho intramolecular Hbond substituents is 2. The van der Waals surface area contributed by atoms with Crippen LogP contribution in [0.3, 0.4) is 0 Å². The summed E-state index contributed by atoms with van der Waals surface area (Å²) in [6.45, 7) is 1.98. The molecule has 280 valence electrons. The molecule has 3 aliphatic heterocycles. The summed E-state index contributed by atoms with van der Waals surface area (Å²) < 4.78 is 40.6. The van der Waals surface area contributed by atoms with E-state index in [1.807, 2.05) is 0 Å². The minimum Gasteiger partial charge on any atom is -0.508 e. The van der Waals surface area contributed by atoms with E-state index in [-0.39, 0.29) is 28.2 Å². The zero-order valence-electron chi connectivity index (χ0n) is 27.1. The molecule has 0 unspecified atom stereocenters. The Bertz CT molecular complexity index is 1720. The van der Waals surface area contributed by atoms with Crippen molar-refractivity contribution >= 4 is 11.0 Å². The largest absolute Gasteiger partial charge is 0.508 e. The molecule has 6 rings (SSSR count). The highest BCUT2D eigenvalue weighted by Crippen LogP contribution is 2.36. The molecule has 1 aromatic heterocycles. The van der Waals surface area contributed by atoms with Gasteiger partial charge in [-0.15, -0.1) is 0 Å². The van der Waals surface area contributed by atoms with E-state index in [9.17, 15) is 55.9 Å². The molecule has 10 N–H and O–H groups in total. The van der Waals surface area contributed by atoms with Gasteiger partial charge in [0.05, 0.1) is 18.8 Å². The molecule has 2 aromatic carbocycles. The normalized spacial score (nSPS) is 38.8. The number of rotatable bonds is 8. The first kappa shape index (κ1) is 37.3. The van der Waals surface area contributed by atoms with Crippen molar-refractivity contribution in [2.75, 3.05) is 6.61 Å². The van der Waals surface area contributed by atoms with Gasteiger partial charge in [0.2, 0.25) is 6.29 Å².